The maximum Gasteiger partial charge on any atom is 0.224 e. The lowest BCUT2D eigenvalue weighted by Gasteiger charge is -2.05. The summed E-state index contributed by atoms with van der Waals surface area (Å²) in [5.74, 6) is -0.503. The number of hydrogen-bond acceptors (Lipinski definition) is 5. The van der Waals surface area contributed by atoms with Crippen molar-refractivity contribution in [3.05, 3.63) is 41.6 Å². The van der Waals surface area contributed by atoms with Crippen molar-refractivity contribution < 1.29 is 4.39 Å². The van der Waals surface area contributed by atoms with Gasteiger partial charge in [0.05, 0.1) is 18.4 Å². The van der Waals surface area contributed by atoms with Crippen LogP contribution >= 0.6 is 11.6 Å². The number of anilines is 1. The van der Waals surface area contributed by atoms with E-state index in [0.717, 1.165) is 11.9 Å². The first-order chi connectivity index (χ1) is 7.75. The van der Waals surface area contributed by atoms with E-state index in [1.54, 1.807) is 12.3 Å². The van der Waals surface area contributed by atoms with Gasteiger partial charge in [0.2, 0.25) is 5.28 Å². The van der Waals surface area contributed by atoms with Crippen molar-refractivity contribution in [1.82, 2.24) is 19.9 Å². The molecule has 0 saturated carbocycles. The van der Waals surface area contributed by atoms with Gasteiger partial charge in [-0.3, -0.25) is 0 Å². The van der Waals surface area contributed by atoms with Gasteiger partial charge in [-0.15, -0.1) is 0 Å². The Labute approximate surface area is 95.8 Å². The van der Waals surface area contributed by atoms with Gasteiger partial charge in [0.15, 0.2) is 11.6 Å². The van der Waals surface area contributed by atoms with Crippen LogP contribution in [0.3, 0.4) is 0 Å². The van der Waals surface area contributed by atoms with Gasteiger partial charge in [-0.1, -0.05) is 0 Å². The zero-order chi connectivity index (χ0) is 11.4. The van der Waals surface area contributed by atoms with Gasteiger partial charge in [-0.2, -0.15) is 4.98 Å². The van der Waals surface area contributed by atoms with Crippen LogP contribution in [0.15, 0.2) is 24.8 Å². The fourth-order valence-corrected chi connectivity index (χ4v) is 1.20. The average molecular weight is 240 g/mol. The number of rotatable bonds is 3. The Morgan fingerprint density at radius 2 is 2.25 bits per heavy atom. The molecule has 2 aromatic heterocycles. The summed E-state index contributed by atoms with van der Waals surface area (Å²) in [6, 6.07) is 1.72. The van der Waals surface area contributed by atoms with E-state index in [4.69, 9.17) is 11.6 Å². The SMILES string of the molecule is Fc1cnc(Cl)nc1NCc1ccncn1. The Bertz CT molecular complexity index is 479. The smallest absolute Gasteiger partial charge is 0.224 e. The fraction of sp³-hybridized carbons (Fsp3) is 0.111. The molecule has 16 heavy (non-hydrogen) atoms. The Balaban J connectivity index is 2.08. The molecule has 0 aliphatic carbocycles. The van der Waals surface area contributed by atoms with Crippen LogP contribution in [0.2, 0.25) is 5.28 Å². The zero-order valence-corrected chi connectivity index (χ0v) is 8.82. The minimum atomic E-state index is -0.557. The molecule has 0 bridgehead atoms. The fourth-order valence-electron chi connectivity index (χ4n) is 1.07. The maximum atomic E-state index is 13.2. The molecule has 0 aromatic carbocycles. The Morgan fingerprint density at radius 3 is 3.00 bits per heavy atom. The first-order valence-electron chi connectivity index (χ1n) is 4.42. The largest absolute Gasteiger partial charge is 0.362 e. The number of aromatic nitrogens is 4. The van der Waals surface area contributed by atoms with Crippen LogP contribution in [-0.2, 0) is 6.54 Å². The van der Waals surface area contributed by atoms with Crippen LogP contribution in [0.25, 0.3) is 0 Å². The van der Waals surface area contributed by atoms with Crippen LogP contribution in [0.5, 0.6) is 0 Å². The highest BCUT2D eigenvalue weighted by molar-refractivity contribution is 6.28. The van der Waals surface area contributed by atoms with E-state index < -0.39 is 5.82 Å². The highest BCUT2D eigenvalue weighted by Crippen LogP contribution is 2.12. The van der Waals surface area contributed by atoms with Crippen molar-refractivity contribution in [3.8, 4) is 0 Å². The van der Waals surface area contributed by atoms with E-state index in [0.29, 0.717) is 6.54 Å². The molecule has 0 saturated heterocycles. The van der Waals surface area contributed by atoms with Crippen LogP contribution in [0, 0.1) is 5.82 Å². The highest BCUT2D eigenvalue weighted by atomic mass is 35.5. The number of nitrogens with zero attached hydrogens (tertiary/aromatic N) is 4. The standard InChI is InChI=1S/C9H7ClFN5/c10-9-14-4-7(11)8(16-9)13-3-6-1-2-12-5-15-6/h1-2,4-5H,3H2,(H,13,14,16). The predicted octanol–water partition coefficient (Wildman–Crippen LogP) is 1.67. The summed E-state index contributed by atoms with van der Waals surface area (Å²) in [6.07, 6.45) is 4.03. The monoisotopic (exact) mass is 239 g/mol. The van der Waals surface area contributed by atoms with E-state index in [9.17, 15) is 4.39 Å². The lowest BCUT2D eigenvalue weighted by molar-refractivity contribution is 0.616. The van der Waals surface area contributed by atoms with Crippen molar-refractivity contribution in [1.29, 1.82) is 0 Å². The topological polar surface area (TPSA) is 63.6 Å². The van der Waals surface area contributed by atoms with E-state index in [1.807, 2.05) is 0 Å². The molecular weight excluding hydrogens is 233 g/mol. The van der Waals surface area contributed by atoms with E-state index in [-0.39, 0.29) is 11.1 Å². The average Bonchev–Trinajstić information content (AvgIpc) is 2.32. The second kappa shape index (κ2) is 4.80. The van der Waals surface area contributed by atoms with Crippen LogP contribution < -0.4 is 5.32 Å². The van der Waals surface area contributed by atoms with Gasteiger partial charge in [-0.05, 0) is 17.7 Å². The second-order valence-corrected chi connectivity index (χ2v) is 3.23. The molecular formula is C9H7ClFN5. The lowest BCUT2D eigenvalue weighted by Crippen LogP contribution is -2.05. The summed E-state index contributed by atoms with van der Waals surface area (Å²) in [5.41, 5.74) is 0.726. The third kappa shape index (κ3) is 2.60. The van der Waals surface area contributed by atoms with Gasteiger partial charge in [0, 0.05) is 6.20 Å². The molecule has 1 N–H and O–H groups in total. The second-order valence-electron chi connectivity index (χ2n) is 2.89. The summed E-state index contributed by atoms with van der Waals surface area (Å²) in [5, 5.41) is 2.76. The Kier molecular flexibility index (Phi) is 3.21. The molecule has 0 aliphatic heterocycles. The van der Waals surface area contributed by atoms with Gasteiger partial charge in [0.25, 0.3) is 0 Å². The third-order valence-electron chi connectivity index (χ3n) is 1.79. The molecule has 0 radical (unpaired) electrons. The van der Waals surface area contributed by atoms with E-state index in [1.165, 1.54) is 6.33 Å². The molecule has 0 amide bonds. The molecule has 0 spiro atoms. The summed E-state index contributed by atoms with van der Waals surface area (Å²) >= 11 is 5.54. The molecule has 0 aliphatic rings. The van der Waals surface area contributed by atoms with E-state index in [2.05, 4.69) is 25.3 Å². The Morgan fingerprint density at radius 1 is 1.38 bits per heavy atom. The molecule has 0 fully saturated rings. The maximum absolute atomic E-state index is 13.2. The van der Waals surface area contributed by atoms with Gasteiger partial charge < -0.3 is 5.32 Å². The summed E-state index contributed by atoms with van der Waals surface area (Å²) < 4.78 is 13.2. The van der Waals surface area contributed by atoms with Gasteiger partial charge >= 0.3 is 0 Å². The minimum absolute atomic E-state index is 0.00779. The lowest BCUT2D eigenvalue weighted by atomic mass is 10.4. The molecule has 82 valence electrons. The van der Waals surface area contributed by atoms with Gasteiger partial charge in [0.1, 0.15) is 6.33 Å². The zero-order valence-electron chi connectivity index (χ0n) is 8.06. The molecule has 2 rings (SSSR count). The predicted molar refractivity (Wildman–Crippen MR) is 56.4 cm³/mol. The summed E-state index contributed by atoms with van der Waals surface area (Å²) in [6.45, 7) is 0.340. The molecule has 0 atom stereocenters. The summed E-state index contributed by atoms with van der Waals surface area (Å²) in [7, 11) is 0. The van der Waals surface area contributed by atoms with Crippen molar-refractivity contribution in [2.75, 3.05) is 5.32 Å². The van der Waals surface area contributed by atoms with Crippen LogP contribution in [-0.4, -0.2) is 19.9 Å². The molecule has 5 nitrogen and oxygen atoms in total. The molecule has 2 heterocycles. The quantitative estimate of drug-likeness (QED) is 0.826. The first-order valence-corrected chi connectivity index (χ1v) is 4.80. The first kappa shape index (κ1) is 10.7. The third-order valence-corrected chi connectivity index (χ3v) is 1.98. The minimum Gasteiger partial charge on any atom is -0.362 e. The number of nitrogens with one attached hydrogen (secondary N) is 1. The van der Waals surface area contributed by atoms with Crippen molar-refractivity contribution in [2.24, 2.45) is 0 Å². The highest BCUT2D eigenvalue weighted by Gasteiger charge is 2.05. The number of halogens is 2. The molecule has 7 heteroatoms. The van der Waals surface area contributed by atoms with Crippen molar-refractivity contribution >= 4 is 17.4 Å². The summed E-state index contributed by atoms with van der Waals surface area (Å²) in [4.78, 5) is 15.0. The van der Waals surface area contributed by atoms with Crippen molar-refractivity contribution in [2.45, 2.75) is 6.54 Å². The Hall–Kier alpha value is -1.82. The van der Waals surface area contributed by atoms with Crippen LogP contribution in [0.1, 0.15) is 5.69 Å². The number of hydrogen-bond donors (Lipinski definition) is 1. The van der Waals surface area contributed by atoms with Gasteiger partial charge in [-0.25, -0.2) is 19.3 Å². The molecule has 0 unspecified atom stereocenters. The van der Waals surface area contributed by atoms with Crippen LogP contribution in [0.4, 0.5) is 10.2 Å². The van der Waals surface area contributed by atoms with Crippen molar-refractivity contribution in [3.63, 3.8) is 0 Å². The molecule has 2 aromatic rings. The van der Waals surface area contributed by atoms with E-state index >= 15 is 0 Å². The normalized spacial score (nSPS) is 10.1.